The van der Waals surface area contributed by atoms with Gasteiger partial charge in [-0.15, -0.1) is 0 Å². The molecule has 0 bridgehead atoms. The number of likely N-dealkylation sites (N-methyl/N-ethyl adjacent to an activating group) is 1. The molecule has 4 aromatic rings. The molecule has 0 saturated heterocycles. The monoisotopic (exact) mass is 550 g/mol. The van der Waals surface area contributed by atoms with Crippen molar-refractivity contribution in [2.45, 2.75) is 32.4 Å². The minimum Gasteiger partial charge on any atom is -0.390 e. The molecule has 0 fully saturated rings. The number of pyridine rings is 1. The second-order valence-corrected chi connectivity index (χ2v) is 9.87. The quantitative estimate of drug-likeness (QED) is 0.322. The highest BCUT2D eigenvalue weighted by Gasteiger charge is 2.30. The summed E-state index contributed by atoms with van der Waals surface area (Å²) in [4.78, 5) is 37.1. The Morgan fingerprint density at radius 1 is 1.07 bits per heavy atom. The number of amides is 1. The third-order valence-corrected chi connectivity index (χ3v) is 6.71. The number of aliphatic hydroxyl groups excluding tert-OH is 1. The summed E-state index contributed by atoms with van der Waals surface area (Å²) in [6, 6.07) is 14.4. The number of nitrogens with zero attached hydrogens (tertiary/aromatic N) is 5. The van der Waals surface area contributed by atoms with Gasteiger partial charge in [-0.2, -0.15) is 8.78 Å². The molecule has 2 aromatic carbocycles. The molecule has 2 N–H and O–H groups in total. The van der Waals surface area contributed by atoms with Crippen LogP contribution in [0, 0.1) is 6.92 Å². The fraction of sp³-hybridized carbons (Fsp3) is 0.310. The van der Waals surface area contributed by atoms with Gasteiger partial charge in [-0.05, 0) is 49.7 Å². The van der Waals surface area contributed by atoms with E-state index >= 15 is 0 Å². The summed E-state index contributed by atoms with van der Waals surface area (Å²) < 4.78 is 29.5. The molecule has 0 spiro atoms. The molecule has 40 heavy (non-hydrogen) atoms. The summed E-state index contributed by atoms with van der Waals surface area (Å²) >= 11 is 0. The van der Waals surface area contributed by atoms with Gasteiger partial charge in [-0.1, -0.05) is 18.2 Å². The molecular weight excluding hydrogens is 518 g/mol. The van der Waals surface area contributed by atoms with Crippen LogP contribution in [-0.2, 0) is 17.3 Å². The minimum absolute atomic E-state index is 0.0454. The predicted molar refractivity (Wildman–Crippen MR) is 151 cm³/mol. The van der Waals surface area contributed by atoms with Crippen molar-refractivity contribution >= 4 is 34.0 Å². The molecular formula is C29H32F2N6O3. The van der Waals surface area contributed by atoms with Gasteiger partial charge >= 0.3 is 0 Å². The number of hydrogen-bond donors (Lipinski definition) is 2. The van der Waals surface area contributed by atoms with Crippen LogP contribution in [0.3, 0.4) is 0 Å². The van der Waals surface area contributed by atoms with Crippen molar-refractivity contribution in [1.82, 2.24) is 19.4 Å². The summed E-state index contributed by atoms with van der Waals surface area (Å²) in [5.74, 6) is -2.45. The molecule has 2 heterocycles. The van der Waals surface area contributed by atoms with Crippen molar-refractivity contribution in [3.05, 3.63) is 88.1 Å². The molecule has 0 aliphatic rings. The van der Waals surface area contributed by atoms with Crippen LogP contribution in [0.1, 0.15) is 29.9 Å². The van der Waals surface area contributed by atoms with Crippen molar-refractivity contribution in [2.75, 3.05) is 38.0 Å². The maximum absolute atomic E-state index is 14.1. The molecule has 2 aromatic heterocycles. The zero-order valence-corrected chi connectivity index (χ0v) is 23.0. The first-order valence-corrected chi connectivity index (χ1v) is 12.7. The Hall–Kier alpha value is -4.38. The maximum Gasteiger partial charge on any atom is 0.295 e. The highest BCUT2D eigenvalue weighted by molar-refractivity contribution is 5.92. The van der Waals surface area contributed by atoms with Gasteiger partial charge in [-0.3, -0.25) is 9.59 Å². The van der Waals surface area contributed by atoms with E-state index in [1.165, 1.54) is 33.7 Å². The Balaban J connectivity index is 1.65. The first-order chi connectivity index (χ1) is 18.9. The van der Waals surface area contributed by atoms with E-state index in [0.29, 0.717) is 33.8 Å². The minimum atomic E-state index is -3.34. The van der Waals surface area contributed by atoms with E-state index in [4.69, 9.17) is 5.11 Å². The summed E-state index contributed by atoms with van der Waals surface area (Å²) in [7, 11) is 5.09. The number of aryl methyl sites for hydroxylation is 1. The third-order valence-electron chi connectivity index (χ3n) is 6.71. The number of aromatic nitrogens is 3. The smallest absolute Gasteiger partial charge is 0.295 e. The van der Waals surface area contributed by atoms with E-state index in [2.05, 4.69) is 15.3 Å². The first-order valence-electron chi connectivity index (χ1n) is 12.7. The molecule has 1 amide bonds. The van der Waals surface area contributed by atoms with E-state index < -0.39 is 12.5 Å². The van der Waals surface area contributed by atoms with Gasteiger partial charge in [0, 0.05) is 61.8 Å². The van der Waals surface area contributed by atoms with E-state index in [1.54, 1.807) is 39.3 Å². The lowest BCUT2D eigenvalue weighted by Gasteiger charge is -2.22. The van der Waals surface area contributed by atoms with E-state index in [0.717, 1.165) is 5.69 Å². The predicted octanol–water partition coefficient (Wildman–Crippen LogP) is 4.21. The number of aliphatic hydroxyl groups is 1. The van der Waals surface area contributed by atoms with Crippen LogP contribution in [0.25, 0.3) is 10.9 Å². The summed E-state index contributed by atoms with van der Waals surface area (Å²) in [6.07, 6.45) is 1.59. The molecule has 11 heteroatoms. The van der Waals surface area contributed by atoms with Crippen LogP contribution in [0.5, 0.6) is 0 Å². The lowest BCUT2D eigenvalue weighted by Crippen LogP contribution is -2.31. The van der Waals surface area contributed by atoms with E-state index in [1.807, 2.05) is 37.1 Å². The number of hydrogen-bond acceptors (Lipinski definition) is 7. The Morgan fingerprint density at radius 2 is 1.80 bits per heavy atom. The number of alkyl halides is 2. The average Bonchev–Trinajstić information content (AvgIpc) is 2.93. The standard InChI is InChI=1S/C29H32F2N6O3/c1-18(20-7-6-8-21(13-20)29(30,31)17-38)32-28-24-14-22(9-10-25(24)33-19(2)34-28)36(5)23-11-12-37(26(39)15-23)16-27(40)35(3)4/h6-15,18,38H,16-17H2,1-5H3,(H,32,33,34)/t18-/m1/s1. The van der Waals surface area contributed by atoms with Gasteiger partial charge < -0.3 is 24.8 Å². The number of halogens is 2. The normalized spacial score (nSPS) is 12.3. The van der Waals surface area contributed by atoms with Crippen LogP contribution >= 0.6 is 0 Å². The van der Waals surface area contributed by atoms with E-state index in [-0.39, 0.29) is 29.6 Å². The zero-order valence-electron chi connectivity index (χ0n) is 23.0. The van der Waals surface area contributed by atoms with Gasteiger partial charge in [0.15, 0.2) is 0 Å². The van der Waals surface area contributed by atoms with Gasteiger partial charge in [0.2, 0.25) is 5.91 Å². The largest absolute Gasteiger partial charge is 0.390 e. The highest BCUT2D eigenvalue weighted by atomic mass is 19.3. The van der Waals surface area contributed by atoms with Crippen molar-refractivity contribution in [2.24, 2.45) is 0 Å². The second kappa shape index (κ2) is 11.4. The Bertz CT molecular complexity index is 1600. The van der Waals surface area contributed by atoms with Gasteiger partial charge in [0.25, 0.3) is 11.5 Å². The summed E-state index contributed by atoms with van der Waals surface area (Å²) in [5.41, 5.74) is 2.14. The van der Waals surface area contributed by atoms with Crippen molar-refractivity contribution in [3.8, 4) is 0 Å². The van der Waals surface area contributed by atoms with E-state index in [9.17, 15) is 18.4 Å². The summed E-state index contributed by atoms with van der Waals surface area (Å²) in [6.45, 7) is 2.29. The van der Waals surface area contributed by atoms with Crippen LogP contribution in [0.4, 0.5) is 26.0 Å². The number of fused-ring (bicyclic) bond motifs is 1. The van der Waals surface area contributed by atoms with Crippen LogP contribution in [0.2, 0.25) is 0 Å². The SMILES string of the molecule is Cc1nc(N[C@H](C)c2cccc(C(F)(F)CO)c2)c2cc(N(C)c3ccn(CC(=O)N(C)C)c(=O)c3)ccc2n1. The average molecular weight is 551 g/mol. The lowest BCUT2D eigenvalue weighted by molar-refractivity contribution is -0.129. The first kappa shape index (κ1) is 28.6. The molecule has 0 radical (unpaired) electrons. The number of carbonyl (C=O) groups excluding carboxylic acids is 1. The molecule has 0 aliphatic heterocycles. The van der Waals surface area contributed by atoms with Crippen molar-refractivity contribution in [1.29, 1.82) is 0 Å². The number of carbonyl (C=O) groups is 1. The maximum atomic E-state index is 14.1. The second-order valence-electron chi connectivity index (χ2n) is 9.87. The Morgan fingerprint density at radius 3 is 2.48 bits per heavy atom. The topological polar surface area (TPSA) is 104 Å². The molecule has 210 valence electrons. The third kappa shape index (κ3) is 6.09. The van der Waals surface area contributed by atoms with Crippen LogP contribution in [-0.4, -0.2) is 58.2 Å². The number of rotatable bonds is 9. The van der Waals surface area contributed by atoms with Gasteiger partial charge in [0.1, 0.15) is 24.8 Å². The van der Waals surface area contributed by atoms with Gasteiger partial charge in [-0.25, -0.2) is 9.97 Å². The fourth-order valence-corrected chi connectivity index (χ4v) is 4.24. The molecule has 1 atom stereocenters. The Labute approximate surface area is 230 Å². The molecule has 4 rings (SSSR count). The van der Waals surface area contributed by atoms with Crippen molar-refractivity contribution in [3.63, 3.8) is 0 Å². The van der Waals surface area contributed by atoms with Crippen molar-refractivity contribution < 1.29 is 18.7 Å². The Kier molecular flexibility index (Phi) is 8.15. The number of benzene rings is 2. The molecule has 9 nitrogen and oxygen atoms in total. The number of nitrogens with one attached hydrogen (secondary N) is 1. The molecule has 0 aliphatic carbocycles. The van der Waals surface area contributed by atoms with Crippen LogP contribution in [0.15, 0.2) is 65.6 Å². The highest BCUT2D eigenvalue weighted by Crippen LogP contribution is 2.32. The van der Waals surface area contributed by atoms with Gasteiger partial charge in [0.05, 0.1) is 5.52 Å². The summed E-state index contributed by atoms with van der Waals surface area (Å²) in [5, 5.41) is 13.1. The molecule has 0 unspecified atom stereocenters. The number of anilines is 3. The van der Waals surface area contributed by atoms with Crippen LogP contribution < -0.4 is 15.8 Å². The molecule has 0 saturated carbocycles. The lowest BCUT2D eigenvalue weighted by atomic mass is 10.0. The zero-order chi connectivity index (χ0) is 29.2. The fourth-order valence-electron chi connectivity index (χ4n) is 4.24.